The topological polar surface area (TPSA) is 125 Å². The van der Waals surface area contributed by atoms with Gasteiger partial charge in [-0.05, 0) is 44.1 Å². The molecule has 0 aromatic heterocycles. The lowest BCUT2D eigenvalue weighted by molar-refractivity contribution is -0.148. The Hall–Kier alpha value is -3.50. The molecule has 45 heavy (non-hydrogen) atoms. The van der Waals surface area contributed by atoms with Crippen LogP contribution in [-0.2, 0) is 28.7 Å². The number of ether oxygens (including phenoxy) is 2. The molecule has 0 saturated carbocycles. The Labute approximate surface area is 266 Å². The fourth-order valence-electron chi connectivity index (χ4n) is 7.18. The normalized spacial score (nSPS) is 25.5. The number of carbonyl (C=O) groups is 4. The maximum atomic E-state index is 14.3. The molecule has 10 heteroatoms. The highest BCUT2D eigenvalue weighted by molar-refractivity contribution is 5.99. The summed E-state index contributed by atoms with van der Waals surface area (Å²) >= 11 is 0. The Morgan fingerprint density at radius 1 is 1.18 bits per heavy atom. The number of unbranched alkanes of at least 4 members (excludes halogenated alkanes) is 3. The molecule has 1 aromatic carbocycles. The number of rotatable bonds is 19. The van der Waals surface area contributed by atoms with Gasteiger partial charge in [-0.2, -0.15) is 0 Å². The molecule has 246 valence electrons. The van der Waals surface area contributed by atoms with Crippen molar-refractivity contribution in [1.82, 2.24) is 15.1 Å². The molecule has 3 amide bonds. The number of aliphatic hydroxyl groups excluding tert-OH is 1. The number of nitrogens with zero attached hydrogens (tertiary/aromatic N) is 2. The second-order valence-electron chi connectivity index (χ2n) is 12.3. The van der Waals surface area contributed by atoms with Crippen LogP contribution in [0.1, 0.15) is 76.3 Å². The molecule has 3 saturated heterocycles. The van der Waals surface area contributed by atoms with E-state index in [1.807, 2.05) is 30.3 Å². The van der Waals surface area contributed by atoms with Gasteiger partial charge < -0.3 is 29.7 Å². The maximum Gasteiger partial charge on any atom is 0.306 e. The van der Waals surface area contributed by atoms with E-state index in [0.717, 1.165) is 24.8 Å². The zero-order valence-corrected chi connectivity index (χ0v) is 26.5. The number of esters is 1. The van der Waals surface area contributed by atoms with Crippen molar-refractivity contribution < 1.29 is 33.8 Å². The molecule has 2 N–H and O–H groups in total. The lowest BCUT2D eigenvalue weighted by atomic mass is 9.70. The third-order valence-electron chi connectivity index (χ3n) is 9.32. The van der Waals surface area contributed by atoms with Crippen molar-refractivity contribution in [3.05, 3.63) is 61.2 Å². The Bertz CT molecular complexity index is 1210. The molecule has 6 atom stereocenters. The van der Waals surface area contributed by atoms with Gasteiger partial charge in [-0.1, -0.05) is 62.2 Å². The molecule has 4 rings (SSSR count). The van der Waals surface area contributed by atoms with E-state index in [0.29, 0.717) is 51.7 Å². The van der Waals surface area contributed by atoms with Gasteiger partial charge in [0, 0.05) is 32.7 Å². The van der Waals surface area contributed by atoms with Gasteiger partial charge in [-0.25, -0.2) is 0 Å². The van der Waals surface area contributed by atoms with Crippen LogP contribution in [0.3, 0.4) is 0 Å². The van der Waals surface area contributed by atoms with Gasteiger partial charge >= 0.3 is 5.97 Å². The van der Waals surface area contributed by atoms with Gasteiger partial charge in [-0.3, -0.25) is 19.2 Å². The van der Waals surface area contributed by atoms with Gasteiger partial charge in [-0.15, -0.1) is 13.2 Å². The Kier molecular flexibility index (Phi) is 12.4. The first-order valence-electron chi connectivity index (χ1n) is 16.4. The van der Waals surface area contributed by atoms with Crippen molar-refractivity contribution in [2.75, 3.05) is 32.8 Å². The fourth-order valence-corrected chi connectivity index (χ4v) is 7.18. The molecule has 2 bridgehead atoms. The number of benzene rings is 1. The molecular weight excluding hydrogens is 574 g/mol. The number of carbonyl (C=O) groups excluding carboxylic acids is 4. The number of nitrogens with one attached hydrogen (secondary N) is 1. The van der Waals surface area contributed by atoms with Crippen LogP contribution in [0.15, 0.2) is 55.6 Å². The van der Waals surface area contributed by atoms with E-state index in [2.05, 4.69) is 25.4 Å². The molecule has 1 aromatic rings. The summed E-state index contributed by atoms with van der Waals surface area (Å²) in [6.07, 6.45) is 8.43. The zero-order valence-electron chi connectivity index (χ0n) is 26.5. The number of fused-ring (bicyclic) bond motifs is 1. The van der Waals surface area contributed by atoms with Gasteiger partial charge in [0.25, 0.3) is 0 Å². The summed E-state index contributed by atoms with van der Waals surface area (Å²) in [7, 11) is 0. The van der Waals surface area contributed by atoms with Crippen molar-refractivity contribution in [1.29, 1.82) is 0 Å². The van der Waals surface area contributed by atoms with Crippen molar-refractivity contribution in [3.63, 3.8) is 0 Å². The number of hydrogen-bond donors (Lipinski definition) is 2. The Morgan fingerprint density at radius 3 is 2.64 bits per heavy atom. The second kappa shape index (κ2) is 16.2. The van der Waals surface area contributed by atoms with E-state index in [9.17, 15) is 24.3 Å². The molecule has 0 unspecified atom stereocenters. The molecule has 1 spiro atoms. The summed E-state index contributed by atoms with van der Waals surface area (Å²) in [4.78, 5) is 58.3. The molecule has 10 nitrogen and oxygen atoms in total. The highest BCUT2D eigenvalue weighted by atomic mass is 16.5. The van der Waals surface area contributed by atoms with Crippen LogP contribution >= 0.6 is 0 Å². The van der Waals surface area contributed by atoms with Crippen LogP contribution < -0.4 is 5.32 Å². The average molecular weight is 624 g/mol. The lowest BCUT2D eigenvalue weighted by Crippen LogP contribution is -2.56. The summed E-state index contributed by atoms with van der Waals surface area (Å²) in [6, 6.07) is 7.79. The van der Waals surface area contributed by atoms with Crippen LogP contribution in [0.4, 0.5) is 0 Å². The number of likely N-dealkylation sites (tertiary alicyclic amines) is 1. The van der Waals surface area contributed by atoms with Gasteiger partial charge in [0.05, 0.1) is 24.0 Å². The van der Waals surface area contributed by atoms with Crippen LogP contribution in [0.2, 0.25) is 0 Å². The predicted molar refractivity (Wildman–Crippen MR) is 170 cm³/mol. The quantitative estimate of drug-likeness (QED) is 0.137. The van der Waals surface area contributed by atoms with Crippen LogP contribution in [0.25, 0.3) is 0 Å². The number of hydrogen-bond acceptors (Lipinski definition) is 7. The second-order valence-corrected chi connectivity index (χ2v) is 12.3. The third kappa shape index (κ3) is 7.49. The number of aliphatic hydroxyl groups is 1. The Morgan fingerprint density at radius 2 is 1.96 bits per heavy atom. The SMILES string of the molecule is C=CCCC(=O)OC[C@@H](NC(=O)[C@@H]1[C@H]2C(=O)N(CCCCO)[C@H](C(=O)N(CC=C)CCCCC)[C@]23CC[C@H]1O3)c1ccccc1. The van der Waals surface area contributed by atoms with E-state index in [1.165, 1.54) is 0 Å². The van der Waals surface area contributed by atoms with Crippen LogP contribution in [0.5, 0.6) is 0 Å². The Balaban J connectivity index is 1.60. The smallest absolute Gasteiger partial charge is 0.306 e. The molecule has 0 radical (unpaired) electrons. The standard InChI is InChI=1S/C35H49N3O7/c1-4-7-12-21-37(20-6-3)34(43)31-35-19-18-27(45-35)29(30(35)33(42)38(31)22-13-14-23-39)32(41)36-26(25-15-10-9-11-16-25)24-44-28(40)17-8-5-2/h5-6,9-11,15-16,26-27,29-31,39H,2-4,7-8,12-14,17-24H2,1H3,(H,36,41)/t26-,27-,29+,30+,31-,35+/m1/s1. The number of amides is 3. The molecule has 0 aliphatic carbocycles. The molecule has 3 aliphatic rings. The van der Waals surface area contributed by atoms with Gasteiger partial charge in [0.2, 0.25) is 17.7 Å². The highest BCUT2D eigenvalue weighted by Gasteiger charge is 2.74. The van der Waals surface area contributed by atoms with Crippen molar-refractivity contribution in [2.24, 2.45) is 11.8 Å². The fraction of sp³-hybridized carbons (Fsp3) is 0.600. The van der Waals surface area contributed by atoms with Crippen LogP contribution in [0, 0.1) is 11.8 Å². The first-order chi connectivity index (χ1) is 21.8. The third-order valence-corrected chi connectivity index (χ3v) is 9.32. The molecular formula is C35H49N3O7. The van der Waals surface area contributed by atoms with E-state index in [4.69, 9.17) is 9.47 Å². The summed E-state index contributed by atoms with van der Waals surface area (Å²) in [5, 5.41) is 12.5. The maximum absolute atomic E-state index is 14.3. The van der Waals surface area contributed by atoms with E-state index < -0.39 is 35.6 Å². The zero-order chi connectivity index (χ0) is 32.4. The number of allylic oxidation sites excluding steroid dienone is 1. The molecule has 3 aliphatic heterocycles. The van der Waals surface area contributed by atoms with Crippen molar-refractivity contribution in [2.45, 2.75) is 88.5 Å². The minimum absolute atomic E-state index is 0.0164. The van der Waals surface area contributed by atoms with Gasteiger partial charge in [0.15, 0.2) is 0 Å². The van der Waals surface area contributed by atoms with E-state index in [1.54, 1.807) is 22.0 Å². The van der Waals surface area contributed by atoms with Crippen molar-refractivity contribution >= 4 is 23.7 Å². The van der Waals surface area contributed by atoms with E-state index in [-0.39, 0.29) is 43.3 Å². The molecule has 3 fully saturated rings. The van der Waals surface area contributed by atoms with Gasteiger partial charge in [0.1, 0.15) is 18.2 Å². The molecule has 3 heterocycles. The van der Waals surface area contributed by atoms with E-state index >= 15 is 0 Å². The lowest BCUT2D eigenvalue weighted by Gasteiger charge is -2.37. The summed E-state index contributed by atoms with van der Waals surface area (Å²) < 4.78 is 12.1. The largest absolute Gasteiger partial charge is 0.463 e. The summed E-state index contributed by atoms with van der Waals surface area (Å²) in [5.41, 5.74) is -0.339. The first kappa shape index (κ1) is 34.4. The predicted octanol–water partition coefficient (Wildman–Crippen LogP) is 3.71. The summed E-state index contributed by atoms with van der Waals surface area (Å²) in [6.45, 7) is 10.7. The minimum Gasteiger partial charge on any atom is -0.463 e. The highest BCUT2D eigenvalue weighted by Crippen LogP contribution is 2.58. The van der Waals surface area contributed by atoms with Crippen LogP contribution in [-0.4, -0.2) is 89.2 Å². The summed E-state index contributed by atoms with van der Waals surface area (Å²) in [5.74, 6) is -2.78. The first-order valence-corrected chi connectivity index (χ1v) is 16.4. The monoisotopic (exact) mass is 623 g/mol. The van der Waals surface area contributed by atoms with Crippen molar-refractivity contribution in [3.8, 4) is 0 Å². The minimum atomic E-state index is -1.11. The average Bonchev–Trinajstić information content (AvgIpc) is 3.69.